The Morgan fingerprint density at radius 3 is 1.57 bits per heavy atom. The fourth-order valence-corrected chi connectivity index (χ4v) is 4.31. The molecule has 0 saturated carbocycles. The Kier molecular flexibility index (Phi) is 11.8. The second kappa shape index (κ2) is 14.3. The molecule has 0 amide bonds. The zero-order chi connectivity index (χ0) is 30.3. The number of carbonyl (C=O) groups excluding carboxylic acids is 6. The second-order valence-corrected chi connectivity index (χ2v) is 9.05. The summed E-state index contributed by atoms with van der Waals surface area (Å²) in [6.07, 6.45) is -13.8. The molecule has 2 heterocycles. The normalized spacial score (nSPS) is 32.2. The van der Waals surface area contributed by atoms with E-state index in [4.69, 9.17) is 42.6 Å². The SMILES string of the molecule is CC(=O)OC1C(OC(C)=O)[C@@H](OC(C)=O)C(C)O[C@H]1OCC(OC(C)=O)[C@@H]1O[C@@H](O)C(OC(C)=O)C1OC(C)=O. The molecule has 0 spiro atoms. The molecule has 2 aliphatic heterocycles. The third-order valence-corrected chi connectivity index (χ3v) is 5.57. The Morgan fingerprint density at radius 1 is 0.625 bits per heavy atom. The summed E-state index contributed by atoms with van der Waals surface area (Å²) in [5.41, 5.74) is 0. The van der Waals surface area contributed by atoms with Gasteiger partial charge in [0, 0.05) is 41.5 Å². The minimum atomic E-state index is -1.76. The number of hydrogen-bond acceptors (Lipinski definition) is 16. The highest BCUT2D eigenvalue weighted by atomic mass is 16.7. The molecule has 0 radical (unpaired) electrons. The maximum Gasteiger partial charge on any atom is 0.303 e. The molecule has 2 rings (SSSR count). The van der Waals surface area contributed by atoms with Gasteiger partial charge in [-0.15, -0.1) is 0 Å². The third-order valence-electron chi connectivity index (χ3n) is 5.57. The standard InChI is InChI=1S/C24H34O16/c1-9-17(35-11(3)26)19(36-12(4)27)22(39-15(7)30)24(33-9)32-8-16(34-10(2)25)18-20(37-13(5)28)21(23(31)40-18)38-14(6)29/h9,16-24,31H,8H2,1-7H3/t9?,16?,17-,18-,19?,20?,21?,22?,23+,24+/m0/s1. The van der Waals surface area contributed by atoms with Gasteiger partial charge < -0.3 is 47.7 Å². The Morgan fingerprint density at radius 2 is 1.07 bits per heavy atom. The quantitative estimate of drug-likeness (QED) is 0.245. The average molecular weight is 579 g/mol. The van der Waals surface area contributed by atoms with E-state index >= 15 is 0 Å². The molecule has 1 N–H and O–H groups in total. The van der Waals surface area contributed by atoms with Crippen molar-refractivity contribution in [1.82, 2.24) is 0 Å². The van der Waals surface area contributed by atoms with E-state index in [2.05, 4.69) is 0 Å². The van der Waals surface area contributed by atoms with E-state index in [0.29, 0.717) is 0 Å². The molecule has 0 aromatic carbocycles. The van der Waals surface area contributed by atoms with Gasteiger partial charge in [0.1, 0.15) is 6.10 Å². The molecule has 226 valence electrons. The summed E-state index contributed by atoms with van der Waals surface area (Å²) in [6, 6.07) is 0. The number of carbonyl (C=O) groups is 6. The maximum atomic E-state index is 11.9. The van der Waals surface area contributed by atoms with Gasteiger partial charge in [0.2, 0.25) is 0 Å². The van der Waals surface area contributed by atoms with E-state index in [1.54, 1.807) is 0 Å². The van der Waals surface area contributed by atoms with Crippen LogP contribution in [0.1, 0.15) is 48.5 Å². The molecule has 16 heteroatoms. The first-order valence-corrected chi connectivity index (χ1v) is 12.2. The van der Waals surface area contributed by atoms with Crippen LogP contribution in [0, 0.1) is 0 Å². The zero-order valence-electron chi connectivity index (χ0n) is 23.1. The van der Waals surface area contributed by atoms with Gasteiger partial charge >= 0.3 is 35.8 Å². The number of ether oxygens (including phenoxy) is 9. The summed E-state index contributed by atoms with van der Waals surface area (Å²) in [7, 11) is 0. The van der Waals surface area contributed by atoms with Crippen molar-refractivity contribution in [2.24, 2.45) is 0 Å². The van der Waals surface area contributed by atoms with E-state index in [1.807, 2.05) is 0 Å². The summed E-state index contributed by atoms with van der Waals surface area (Å²) in [5.74, 6) is -4.74. The topological polar surface area (TPSA) is 206 Å². The first-order valence-electron chi connectivity index (χ1n) is 12.2. The molecule has 16 nitrogen and oxygen atoms in total. The highest BCUT2D eigenvalue weighted by molar-refractivity contribution is 5.69. The van der Waals surface area contributed by atoms with Gasteiger partial charge in [0.15, 0.2) is 49.2 Å². The van der Waals surface area contributed by atoms with Gasteiger partial charge in [0.05, 0.1) is 12.7 Å². The molecular weight excluding hydrogens is 544 g/mol. The molecule has 2 aliphatic rings. The number of aliphatic hydroxyl groups is 1. The van der Waals surface area contributed by atoms with Crippen LogP contribution in [0.3, 0.4) is 0 Å². The lowest BCUT2D eigenvalue weighted by Gasteiger charge is -2.43. The first-order chi connectivity index (χ1) is 18.6. The lowest BCUT2D eigenvalue weighted by molar-refractivity contribution is -0.306. The van der Waals surface area contributed by atoms with Crippen LogP contribution in [-0.2, 0) is 71.4 Å². The van der Waals surface area contributed by atoms with E-state index in [-0.39, 0.29) is 0 Å². The van der Waals surface area contributed by atoms with Gasteiger partial charge in [-0.25, -0.2) is 0 Å². The molecular formula is C24H34O16. The molecule has 0 aromatic rings. The zero-order valence-corrected chi connectivity index (χ0v) is 23.1. The largest absolute Gasteiger partial charge is 0.457 e. The summed E-state index contributed by atoms with van der Waals surface area (Å²) in [6.45, 7) is 7.44. The monoisotopic (exact) mass is 578 g/mol. The van der Waals surface area contributed by atoms with Crippen molar-refractivity contribution in [2.75, 3.05) is 6.61 Å². The van der Waals surface area contributed by atoms with E-state index in [9.17, 15) is 33.9 Å². The number of hydrogen-bond donors (Lipinski definition) is 1. The molecule has 0 aromatic heterocycles. The van der Waals surface area contributed by atoms with Gasteiger partial charge in [-0.1, -0.05) is 0 Å². The molecule has 0 aliphatic carbocycles. The lowest BCUT2D eigenvalue weighted by atomic mass is 9.98. The minimum absolute atomic E-state index is 0.568. The summed E-state index contributed by atoms with van der Waals surface area (Å²) in [4.78, 5) is 70.7. The molecule has 0 bridgehead atoms. The smallest absolute Gasteiger partial charge is 0.303 e. The highest BCUT2D eigenvalue weighted by Crippen LogP contribution is 2.32. The fraction of sp³-hybridized carbons (Fsp3) is 0.750. The molecule has 6 unspecified atom stereocenters. The molecule has 40 heavy (non-hydrogen) atoms. The van der Waals surface area contributed by atoms with E-state index < -0.39 is 104 Å². The van der Waals surface area contributed by atoms with Gasteiger partial charge in [0.25, 0.3) is 0 Å². The van der Waals surface area contributed by atoms with Crippen LogP contribution in [0.4, 0.5) is 0 Å². The van der Waals surface area contributed by atoms with Crippen molar-refractivity contribution in [1.29, 1.82) is 0 Å². The number of aliphatic hydroxyl groups excluding tert-OH is 1. The summed E-state index contributed by atoms with van der Waals surface area (Å²) >= 11 is 0. The van der Waals surface area contributed by atoms with Crippen molar-refractivity contribution < 1.29 is 76.5 Å². The van der Waals surface area contributed by atoms with E-state index in [1.165, 1.54) is 6.92 Å². The van der Waals surface area contributed by atoms with Crippen molar-refractivity contribution in [3.63, 3.8) is 0 Å². The van der Waals surface area contributed by atoms with Crippen molar-refractivity contribution in [2.45, 2.75) is 110 Å². The predicted molar refractivity (Wildman–Crippen MR) is 124 cm³/mol. The van der Waals surface area contributed by atoms with Crippen LogP contribution in [0.25, 0.3) is 0 Å². The average Bonchev–Trinajstić information content (AvgIpc) is 3.08. The molecule has 10 atom stereocenters. The van der Waals surface area contributed by atoms with E-state index in [0.717, 1.165) is 41.5 Å². The minimum Gasteiger partial charge on any atom is -0.457 e. The van der Waals surface area contributed by atoms with Gasteiger partial charge in [-0.3, -0.25) is 28.8 Å². The van der Waals surface area contributed by atoms with Crippen molar-refractivity contribution >= 4 is 35.8 Å². The van der Waals surface area contributed by atoms with Crippen molar-refractivity contribution in [3.8, 4) is 0 Å². The van der Waals surface area contributed by atoms with Crippen LogP contribution >= 0.6 is 0 Å². The Balaban J connectivity index is 2.37. The first kappa shape index (κ1) is 32.9. The van der Waals surface area contributed by atoms with Crippen LogP contribution < -0.4 is 0 Å². The molecule has 2 fully saturated rings. The van der Waals surface area contributed by atoms with Crippen LogP contribution in [-0.4, -0.2) is 109 Å². The van der Waals surface area contributed by atoms with Crippen LogP contribution in [0.5, 0.6) is 0 Å². The number of rotatable bonds is 10. The highest BCUT2D eigenvalue weighted by Gasteiger charge is 2.54. The second-order valence-electron chi connectivity index (χ2n) is 9.05. The Hall–Kier alpha value is -3.34. The Labute approximate surface area is 229 Å². The van der Waals surface area contributed by atoms with Crippen molar-refractivity contribution in [3.05, 3.63) is 0 Å². The van der Waals surface area contributed by atoms with Crippen LogP contribution in [0.2, 0.25) is 0 Å². The lowest BCUT2D eigenvalue weighted by Crippen LogP contribution is -2.61. The summed E-state index contributed by atoms with van der Waals surface area (Å²) < 4.78 is 48.4. The molecule has 2 saturated heterocycles. The third kappa shape index (κ3) is 9.11. The van der Waals surface area contributed by atoms with Crippen LogP contribution in [0.15, 0.2) is 0 Å². The van der Waals surface area contributed by atoms with Gasteiger partial charge in [-0.05, 0) is 6.92 Å². The fourth-order valence-electron chi connectivity index (χ4n) is 4.31. The predicted octanol–water partition coefficient (Wildman–Crippen LogP) is -0.945. The summed E-state index contributed by atoms with van der Waals surface area (Å²) in [5, 5.41) is 10.3. The van der Waals surface area contributed by atoms with Gasteiger partial charge in [-0.2, -0.15) is 0 Å². The number of esters is 6. The Bertz CT molecular complexity index is 965. The maximum absolute atomic E-state index is 11.9.